The number of nitrogens with one attached hydrogen (secondary N) is 2. The topological polar surface area (TPSA) is 115 Å². The van der Waals surface area contributed by atoms with E-state index in [0.717, 1.165) is 30.8 Å². The Bertz CT molecular complexity index is 1500. The van der Waals surface area contributed by atoms with E-state index in [-0.39, 0.29) is 24.1 Å². The van der Waals surface area contributed by atoms with E-state index in [2.05, 4.69) is 30.6 Å². The standard InChI is InChI=1S/C25H24ClN7O2/c1-14-9-28-12-22(30-14)16-3-4-19(21(26)8-16)20-7-17-10-29-15(2)31-24(17)33(25(20)35)13-23(34)32-18-5-6-27-11-18/h3-4,7-10,12,18,27H,5-6,11,13H2,1-2H3,(H,32,34)/t18-/m1/s1. The van der Waals surface area contributed by atoms with E-state index in [9.17, 15) is 9.59 Å². The lowest BCUT2D eigenvalue weighted by Gasteiger charge is -2.15. The van der Waals surface area contributed by atoms with Crippen LogP contribution in [0.4, 0.5) is 0 Å². The van der Waals surface area contributed by atoms with Gasteiger partial charge in [-0.2, -0.15) is 0 Å². The molecule has 0 radical (unpaired) electrons. The number of amides is 1. The molecule has 3 aromatic heterocycles. The molecule has 5 rings (SSSR count). The van der Waals surface area contributed by atoms with E-state index in [1.54, 1.807) is 43.7 Å². The quantitative estimate of drug-likeness (QED) is 0.443. The summed E-state index contributed by atoms with van der Waals surface area (Å²) in [5.41, 5.74) is 3.26. The Morgan fingerprint density at radius 2 is 2.03 bits per heavy atom. The highest BCUT2D eigenvalue weighted by Crippen LogP contribution is 2.31. The molecule has 0 aliphatic carbocycles. The van der Waals surface area contributed by atoms with Crippen molar-refractivity contribution < 1.29 is 4.79 Å². The zero-order valence-corrected chi connectivity index (χ0v) is 20.1. The number of carbonyl (C=O) groups is 1. The van der Waals surface area contributed by atoms with Crippen molar-refractivity contribution in [3.05, 3.63) is 69.8 Å². The molecule has 1 aliphatic rings. The Morgan fingerprint density at radius 3 is 2.77 bits per heavy atom. The molecule has 4 heterocycles. The second-order valence-corrected chi connectivity index (χ2v) is 9.05. The predicted octanol–water partition coefficient (Wildman–Crippen LogP) is 2.66. The van der Waals surface area contributed by atoms with Crippen molar-refractivity contribution in [2.45, 2.75) is 32.9 Å². The zero-order valence-electron chi connectivity index (χ0n) is 19.4. The monoisotopic (exact) mass is 489 g/mol. The highest BCUT2D eigenvalue weighted by Gasteiger charge is 2.20. The number of rotatable bonds is 5. The number of carbonyl (C=O) groups excluding carboxylic acids is 1. The summed E-state index contributed by atoms with van der Waals surface area (Å²) in [6.07, 6.45) is 5.86. The average molecular weight is 490 g/mol. The molecule has 1 aromatic carbocycles. The molecule has 1 atom stereocenters. The van der Waals surface area contributed by atoms with Gasteiger partial charge < -0.3 is 10.6 Å². The fourth-order valence-corrected chi connectivity index (χ4v) is 4.56. The molecule has 10 heteroatoms. The largest absolute Gasteiger partial charge is 0.350 e. The van der Waals surface area contributed by atoms with E-state index in [1.165, 1.54) is 4.57 Å². The van der Waals surface area contributed by atoms with Gasteiger partial charge in [0.2, 0.25) is 5.91 Å². The molecule has 0 bridgehead atoms. The summed E-state index contributed by atoms with van der Waals surface area (Å²) >= 11 is 6.66. The van der Waals surface area contributed by atoms with Crippen molar-refractivity contribution in [2.75, 3.05) is 13.1 Å². The molecule has 0 spiro atoms. The summed E-state index contributed by atoms with van der Waals surface area (Å²) in [5.74, 6) is 0.274. The maximum atomic E-state index is 13.6. The Morgan fingerprint density at radius 1 is 1.17 bits per heavy atom. The first-order chi connectivity index (χ1) is 16.9. The number of fused-ring (bicyclic) bond motifs is 1. The molecule has 0 saturated carbocycles. The average Bonchev–Trinajstić information content (AvgIpc) is 3.34. The summed E-state index contributed by atoms with van der Waals surface area (Å²) in [6.45, 7) is 5.04. The van der Waals surface area contributed by atoms with Gasteiger partial charge in [-0.1, -0.05) is 23.7 Å². The third-order valence-electron chi connectivity index (χ3n) is 5.98. The van der Waals surface area contributed by atoms with Gasteiger partial charge in [-0.3, -0.25) is 19.1 Å². The number of aryl methyl sites for hydroxylation is 2. The molecular formula is C25H24ClN7O2. The summed E-state index contributed by atoms with van der Waals surface area (Å²) in [7, 11) is 0. The number of halogens is 1. The van der Waals surface area contributed by atoms with Gasteiger partial charge in [0.25, 0.3) is 5.56 Å². The van der Waals surface area contributed by atoms with E-state index in [1.807, 2.05) is 13.0 Å². The number of hydrogen-bond donors (Lipinski definition) is 2. The number of nitrogens with zero attached hydrogens (tertiary/aromatic N) is 5. The van der Waals surface area contributed by atoms with Gasteiger partial charge in [-0.15, -0.1) is 0 Å². The van der Waals surface area contributed by atoms with Crippen molar-refractivity contribution in [1.82, 2.24) is 35.1 Å². The van der Waals surface area contributed by atoms with Crippen LogP contribution in [0.25, 0.3) is 33.4 Å². The number of hydrogen-bond acceptors (Lipinski definition) is 7. The van der Waals surface area contributed by atoms with Crippen LogP contribution >= 0.6 is 11.6 Å². The van der Waals surface area contributed by atoms with Gasteiger partial charge in [0, 0.05) is 52.1 Å². The highest BCUT2D eigenvalue weighted by atomic mass is 35.5. The van der Waals surface area contributed by atoms with E-state index >= 15 is 0 Å². The maximum absolute atomic E-state index is 13.6. The van der Waals surface area contributed by atoms with Crippen molar-refractivity contribution in [3.8, 4) is 22.4 Å². The van der Waals surface area contributed by atoms with Crippen LogP contribution in [0.3, 0.4) is 0 Å². The normalized spacial score (nSPS) is 15.5. The Labute approximate surface area is 206 Å². The lowest BCUT2D eigenvalue weighted by molar-refractivity contribution is -0.122. The Hall–Kier alpha value is -3.69. The SMILES string of the molecule is Cc1cncc(-c2ccc(-c3cc4cnc(C)nc4n(CC(=O)N[C@@H]4CCNC4)c3=O)c(Cl)c2)n1. The first-order valence-electron chi connectivity index (χ1n) is 11.4. The van der Waals surface area contributed by atoms with Gasteiger partial charge in [-0.05, 0) is 38.9 Å². The molecule has 2 N–H and O–H groups in total. The van der Waals surface area contributed by atoms with Crippen LogP contribution in [0.5, 0.6) is 0 Å². The van der Waals surface area contributed by atoms with Crippen molar-refractivity contribution in [2.24, 2.45) is 0 Å². The molecular weight excluding hydrogens is 466 g/mol. The summed E-state index contributed by atoms with van der Waals surface area (Å²) in [6, 6.07) is 7.17. The minimum Gasteiger partial charge on any atom is -0.350 e. The fourth-order valence-electron chi connectivity index (χ4n) is 4.27. The van der Waals surface area contributed by atoms with Crippen molar-refractivity contribution >= 4 is 28.5 Å². The second kappa shape index (κ2) is 9.52. The zero-order chi connectivity index (χ0) is 24.5. The molecule has 0 unspecified atom stereocenters. The minimum absolute atomic E-state index is 0.0516. The Balaban J connectivity index is 1.58. The molecule has 1 fully saturated rings. The number of pyridine rings is 1. The number of aromatic nitrogens is 5. The predicted molar refractivity (Wildman–Crippen MR) is 134 cm³/mol. The highest BCUT2D eigenvalue weighted by molar-refractivity contribution is 6.33. The molecule has 1 aliphatic heterocycles. The van der Waals surface area contributed by atoms with Crippen LogP contribution in [0.15, 0.2) is 47.7 Å². The van der Waals surface area contributed by atoms with E-state index < -0.39 is 0 Å². The molecule has 35 heavy (non-hydrogen) atoms. The lowest BCUT2D eigenvalue weighted by atomic mass is 10.0. The van der Waals surface area contributed by atoms with E-state index in [4.69, 9.17) is 11.6 Å². The van der Waals surface area contributed by atoms with Crippen LogP contribution in [-0.2, 0) is 11.3 Å². The summed E-state index contributed by atoms with van der Waals surface area (Å²) in [5, 5.41) is 7.25. The second-order valence-electron chi connectivity index (χ2n) is 8.64. The summed E-state index contributed by atoms with van der Waals surface area (Å²) < 4.78 is 1.40. The number of benzene rings is 1. The molecule has 9 nitrogen and oxygen atoms in total. The summed E-state index contributed by atoms with van der Waals surface area (Å²) in [4.78, 5) is 43.9. The lowest BCUT2D eigenvalue weighted by Crippen LogP contribution is -2.40. The third kappa shape index (κ3) is 4.78. The molecule has 1 saturated heterocycles. The van der Waals surface area contributed by atoms with Crippen LogP contribution in [0.2, 0.25) is 5.02 Å². The van der Waals surface area contributed by atoms with Gasteiger partial charge in [-0.25, -0.2) is 15.0 Å². The third-order valence-corrected chi connectivity index (χ3v) is 6.30. The van der Waals surface area contributed by atoms with Crippen LogP contribution < -0.4 is 16.2 Å². The van der Waals surface area contributed by atoms with E-state index in [0.29, 0.717) is 38.7 Å². The van der Waals surface area contributed by atoms with Gasteiger partial charge in [0.05, 0.1) is 17.6 Å². The molecule has 4 aromatic rings. The smallest absolute Gasteiger partial charge is 0.260 e. The Kier molecular flexibility index (Phi) is 6.27. The van der Waals surface area contributed by atoms with Gasteiger partial charge in [0.1, 0.15) is 18.0 Å². The first kappa shape index (κ1) is 23.1. The van der Waals surface area contributed by atoms with Gasteiger partial charge >= 0.3 is 0 Å². The maximum Gasteiger partial charge on any atom is 0.260 e. The first-order valence-corrected chi connectivity index (χ1v) is 11.7. The van der Waals surface area contributed by atoms with Crippen LogP contribution in [-0.4, -0.2) is 49.5 Å². The van der Waals surface area contributed by atoms with Crippen molar-refractivity contribution in [1.29, 1.82) is 0 Å². The van der Waals surface area contributed by atoms with Crippen LogP contribution in [0, 0.1) is 13.8 Å². The fraction of sp³-hybridized carbons (Fsp3) is 0.280. The molecule has 178 valence electrons. The van der Waals surface area contributed by atoms with Crippen LogP contribution in [0.1, 0.15) is 17.9 Å². The minimum atomic E-state index is -0.347. The van der Waals surface area contributed by atoms with Gasteiger partial charge in [0.15, 0.2) is 0 Å². The van der Waals surface area contributed by atoms with Crippen molar-refractivity contribution in [3.63, 3.8) is 0 Å². The molecule has 1 amide bonds.